The lowest BCUT2D eigenvalue weighted by atomic mass is 10.2. The molecule has 3 rings (SSSR count). The largest absolute Gasteiger partial charge is 0.456 e. The molecule has 8 heteroatoms. The van der Waals surface area contributed by atoms with Crippen LogP contribution < -0.4 is 10.6 Å². The standard InChI is InChI=1S/C18H15ClN2O4S/c19-11-4-3-5-12(8-11)20-16(22)10-25-17(23)9-15-18(24)21-13-6-1-2-7-14(13)26-15/h1-8,15H,9-10H2,(H,20,22)(H,21,24)/t15-/m1/s1. The van der Waals surface area contributed by atoms with E-state index in [0.717, 1.165) is 10.6 Å². The van der Waals surface area contributed by atoms with Crippen LogP contribution in [0.1, 0.15) is 6.42 Å². The van der Waals surface area contributed by atoms with Crippen LogP contribution in [-0.2, 0) is 19.1 Å². The average molecular weight is 391 g/mol. The van der Waals surface area contributed by atoms with Crippen LogP contribution in [0.3, 0.4) is 0 Å². The molecule has 0 aliphatic carbocycles. The minimum absolute atomic E-state index is 0.116. The van der Waals surface area contributed by atoms with Crippen molar-refractivity contribution in [2.24, 2.45) is 0 Å². The Morgan fingerprint density at radius 3 is 2.81 bits per heavy atom. The summed E-state index contributed by atoms with van der Waals surface area (Å²) in [6, 6.07) is 14.0. The van der Waals surface area contributed by atoms with Gasteiger partial charge in [-0.15, -0.1) is 11.8 Å². The number of hydrogen-bond acceptors (Lipinski definition) is 5. The predicted octanol–water partition coefficient (Wildman–Crippen LogP) is 3.32. The van der Waals surface area contributed by atoms with Crippen molar-refractivity contribution in [2.75, 3.05) is 17.2 Å². The van der Waals surface area contributed by atoms with Gasteiger partial charge in [-0.25, -0.2) is 0 Å². The lowest BCUT2D eigenvalue weighted by Crippen LogP contribution is -2.32. The van der Waals surface area contributed by atoms with Crippen LogP contribution in [0.2, 0.25) is 5.02 Å². The van der Waals surface area contributed by atoms with Crippen LogP contribution in [-0.4, -0.2) is 29.6 Å². The molecule has 0 fully saturated rings. The zero-order valence-corrected chi connectivity index (χ0v) is 15.1. The number of amides is 2. The summed E-state index contributed by atoms with van der Waals surface area (Å²) in [6.07, 6.45) is -0.116. The summed E-state index contributed by atoms with van der Waals surface area (Å²) in [4.78, 5) is 36.8. The molecule has 2 N–H and O–H groups in total. The maximum Gasteiger partial charge on any atom is 0.307 e. The van der Waals surface area contributed by atoms with E-state index in [4.69, 9.17) is 16.3 Å². The van der Waals surface area contributed by atoms with Crippen LogP contribution in [0.25, 0.3) is 0 Å². The van der Waals surface area contributed by atoms with Crippen LogP contribution in [0, 0.1) is 0 Å². The molecular formula is C18H15ClN2O4S. The Hall–Kier alpha value is -2.51. The van der Waals surface area contributed by atoms with Gasteiger partial charge in [0.25, 0.3) is 5.91 Å². The molecule has 0 saturated carbocycles. The van der Waals surface area contributed by atoms with Gasteiger partial charge in [-0.05, 0) is 30.3 Å². The van der Waals surface area contributed by atoms with E-state index in [0.29, 0.717) is 10.7 Å². The molecule has 134 valence electrons. The topological polar surface area (TPSA) is 84.5 Å². The van der Waals surface area contributed by atoms with Gasteiger partial charge in [0.15, 0.2) is 6.61 Å². The van der Waals surface area contributed by atoms with Crippen molar-refractivity contribution in [3.8, 4) is 0 Å². The van der Waals surface area contributed by atoms with Crippen molar-refractivity contribution in [3.05, 3.63) is 53.6 Å². The Labute approximate surface area is 159 Å². The number of carbonyl (C=O) groups is 3. The fourth-order valence-corrected chi connectivity index (χ4v) is 3.63. The highest BCUT2D eigenvalue weighted by Gasteiger charge is 2.29. The van der Waals surface area contributed by atoms with Crippen LogP contribution >= 0.6 is 23.4 Å². The maximum atomic E-state index is 12.1. The smallest absolute Gasteiger partial charge is 0.307 e. The van der Waals surface area contributed by atoms with E-state index in [9.17, 15) is 14.4 Å². The van der Waals surface area contributed by atoms with Crippen molar-refractivity contribution < 1.29 is 19.1 Å². The van der Waals surface area contributed by atoms with Crippen LogP contribution in [0.4, 0.5) is 11.4 Å². The number of nitrogens with one attached hydrogen (secondary N) is 2. The Bertz CT molecular complexity index is 859. The highest BCUT2D eigenvalue weighted by Crippen LogP contribution is 2.36. The molecule has 6 nitrogen and oxygen atoms in total. The van der Waals surface area contributed by atoms with Gasteiger partial charge in [0, 0.05) is 15.6 Å². The fourth-order valence-electron chi connectivity index (χ4n) is 2.35. The summed E-state index contributed by atoms with van der Waals surface area (Å²) in [5.74, 6) is -1.35. The SMILES string of the molecule is O=C(COC(=O)C[C@H]1Sc2ccccc2NC1=O)Nc1cccc(Cl)c1. The van der Waals surface area contributed by atoms with Gasteiger partial charge in [0.1, 0.15) is 0 Å². The molecule has 1 heterocycles. The molecular weight excluding hydrogens is 376 g/mol. The number of fused-ring (bicyclic) bond motifs is 1. The van der Waals surface area contributed by atoms with Gasteiger partial charge in [0.2, 0.25) is 5.91 Å². The first-order valence-corrected chi connectivity index (χ1v) is 9.04. The second-order valence-electron chi connectivity index (χ2n) is 5.52. The third-order valence-electron chi connectivity index (χ3n) is 3.53. The minimum Gasteiger partial charge on any atom is -0.456 e. The summed E-state index contributed by atoms with van der Waals surface area (Å²) in [5, 5.41) is 5.23. The van der Waals surface area contributed by atoms with E-state index in [1.54, 1.807) is 30.3 Å². The Kier molecular flexibility index (Phi) is 5.80. The molecule has 0 unspecified atom stereocenters. The molecule has 0 bridgehead atoms. The quantitative estimate of drug-likeness (QED) is 0.765. The van der Waals surface area contributed by atoms with Gasteiger partial charge < -0.3 is 15.4 Å². The van der Waals surface area contributed by atoms with Crippen molar-refractivity contribution in [3.63, 3.8) is 0 Å². The fraction of sp³-hybridized carbons (Fsp3) is 0.167. The van der Waals surface area contributed by atoms with Gasteiger partial charge in [-0.2, -0.15) is 0 Å². The first kappa shape index (κ1) is 18.3. The molecule has 1 aliphatic rings. The summed E-state index contributed by atoms with van der Waals surface area (Å²) < 4.78 is 4.97. The summed E-state index contributed by atoms with van der Waals surface area (Å²) in [6.45, 7) is -0.430. The normalized spacial score (nSPS) is 15.6. The monoisotopic (exact) mass is 390 g/mol. The molecule has 1 atom stereocenters. The highest BCUT2D eigenvalue weighted by atomic mass is 35.5. The number of benzene rings is 2. The molecule has 26 heavy (non-hydrogen) atoms. The van der Waals surface area contributed by atoms with E-state index >= 15 is 0 Å². The summed E-state index contributed by atoms with van der Waals surface area (Å²) in [5.41, 5.74) is 1.24. The van der Waals surface area contributed by atoms with Crippen molar-refractivity contribution >= 4 is 52.5 Å². The average Bonchev–Trinajstić information content (AvgIpc) is 2.61. The first-order chi connectivity index (χ1) is 12.5. The molecule has 2 aromatic rings. The zero-order chi connectivity index (χ0) is 18.5. The Balaban J connectivity index is 1.48. The van der Waals surface area contributed by atoms with Crippen molar-refractivity contribution in [1.29, 1.82) is 0 Å². The number of anilines is 2. The number of thioether (sulfide) groups is 1. The van der Waals surface area contributed by atoms with E-state index in [2.05, 4.69) is 10.6 Å². The molecule has 2 aromatic carbocycles. The Morgan fingerprint density at radius 1 is 1.19 bits per heavy atom. The predicted molar refractivity (Wildman–Crippen MR) is 100 cm³/mol. The number of rotatable bonds is 5. The summed E-state index contributed by atoms with van der Waals surface area (Å²) >= 11 is 7.14. The van der Waals surface area contributed by atoms with E-state index in [1.807, 2.05) is 18.2 Å². The second kappa shape index (κ2) is 8.25. The lowest BCUT2D eigenvalue weighted by Gasteiger charge is -2.23. The highest BCUT2D eigenvalue weighted by molar-refractivity contribution is 8.01. The second-order valence-corrected chi connectivity index (χ2v) is 7.20. The van der Waals surface area contributed by atoms with E-state index < -0.39 is 23.7 Å². The molecule has 0 spiro atoms. The number of para-hydroxylation sites is 1. The van der Waals surface area contributed by atoms with Crippen LogP contribution in [0.5, 0.6) is 0 Å². The lowest BCUT2D eigenvalue weighted by molar-refractivity contribution is -0.147. The number of hydrogen-bond donors (Lipinski definition) is 2. The third-order valence-corrected chi connectivity index (χ3v) is 5.04. The van der Waals surface area contributed by atoms with Crippen molar-refractivity contribution in [1.82, 2.24) is 0 Å². The number of carbonyl (C=O) groups excluding carboxylic acids is 3. The number of ether oxygens (including phenoxy) is 1. The van der Waals surface area contributed by atoms with Gasteiger partial charge in [-0.1, -0.05) is 29.8 Å². The zero-order valence-electron chi connectivity index (χ0n) is 13.5. The molecule has 0 saturated heterocycles. The molecule has 2 amide bonds. The van der Waals surface area contributed by atoms with Gasteiger partial charge in [0.05, 0.1) is 17.4 Å². The van der Waals surface area contributed by atoms with Crippen molar-refractivity contribution in [2.45, 2.75) is 16.6 Å². The Morgan fingerprint density at radius 2 is 2.00 bits per heavy atom. The number of halogens is 1. The minimum atomic E-state index is -0.613. The number of esters is 1. The third kappa shape index (κ3) is 4.77. The molecule has 1 aliphatic heterocycles. The van der Waals surface area contributed by atoms with E-state index in [-0.39, 0.29) is 12.3 Å². The first-order valence-electron chi connectivity index (χ1n) is 7.79. The molecule has 0 aromatic heterocycles. The molecule has 0 radical (unpaired) electrons. The maximum absolute atomic E-state index is 12.1. The summed E-state index contributed by atoms with van der Waals surface area (Å²) in [7, 11) is 0. The van der Waals surface area contributed by atoms with Gasteiger partial charge >= 0.3 is 5.97 Å². The van der Waals surface area contributed by atoms with Gasteiger partial charge in [-0.3, -0.25) is 14.4 Å². The van der Waals surface area contributed by atoms with E-state index in [1.165, 1.54) is 11.8 Å². The van der Waals surface area contributed by atoms with Crippen LogP contribution in [0.15, 0.2) is 53.4 Å².